The van der Waals surface area contributed by atoms with E-state index in [2.05, 4.69) is 30.3 Å². The van der Waals surface area contributed by atoms with Gasteiger partial charge < -0.3 is 9.30 Å². The van der Waals surface area contributed by atoms with E-state index in [1.807, 2.05) is 34.9 Å². The highest BCUT2D eigenvalue weighted by Gasteiger charge is 2.22. The van der Waals surface area contributed by atoms with Crippen molar-refractivity contribution in [1.29, 1.82) is 0 Å². The van der Waals surface area contributed by atoms with Crippen LogP contribution in [0.3, 0.4) is 0 Å². The van der Waals surface area contributed by atoms with Gasteiger partial charge in [-0.05, 0) is 42.9 Å². The summed E-state index contributed by atoms with van der Waals surface area (Å²) < 4.78 is 7.71. The molecular formula is C25H23NO2. The number of aryl methyl sites for hydroxylation is 1. The van der Waals surface area contributed by atoms with E-state index in [9.17, 15) is 4.79 Å². The lowest BCUT2D eigenvalue weighted by Crippen LogP contribution is -2.28. The van der Waals surface area contributed by atoms with Gasteiger partial charge in [-0.3, -0.25) is 4.79 Å². The van der Waals surface area contributed by atoms with Crippen LogP contribution in [0.4, 0.5) is 0 Å². The molecule has 28 heavy (non-hydrogen) atoms. The summed E-state index contributed by atoms with van der Waals surface area (Å²) in [4.78, 5) is 13.6. The van der Waals surface area contributed by atoms with Crippen molar-refractivity contribution in [1.82, 2.24) is 4.57 Å². The third-order valence-electron chi connectivity index (χ3n) is 5.95. The number of ether oxygens (including phenoxy) is 1. The lowest BCUT2D eigenvalue weighted by Gasteiger charge is -2.23. The van der Waals surface area contributed by atoms with Crippen LogP contribution in [0.5, 0.6) is 5.75 Å². The highest BCUT2D eigenvalue weighted by Crippen LogP contribution is 2.37. The normalized spacial score (nSPS) is 13.6. The third kappa shape index (κ3) is 2.62. The van der Waals surface area contributed by atoms with Gasteiger partial charge in [-0.1, -0.05) is 54.6 Å². The van der Waals surface area contributed by atoms with Gasteiger partial charge in [0, 0.05) is 21.7 Å². The highest BCUT2D eigenvalue weighted by molar-refractivity contribution is 6.09. The Kier molecular flexibility index (Phi) is 4.16. The monoisotopic (exact) mass is 369 g/mol. The topological polar surface area (TPSA) is 31.2 Å². The summed E-state index contributed by atoms with van der Waals surface area (Å²) in [7, 11) is 1.72. The third-order valence-corrected chi connectivity index (χ3v) is 5.95. The molecule has 3 heteroatoms. The highest BCUT2D eigenvalue weighted by atomic mass is 16.5. The maximum atomic E-state index is 13.6. The number of hydrogen-bond donors (Lipinski definition) is 0. The fraction of sp³-hybridized carbons (Fsp3) is 0.240. The predicted molar refractivity (Wildman–Crippen MR) is 114 cm³/mol. The average molecular weight is 369 g/mol. The molecule has 140 valence electrons. The standard InChI is InChI=1S/C25H23NO2/c1-28-23-15-22-18-11-5-8-14-21(18)25(27)26(16-17-9-3-2-4-10-17)24(22)20-13-7-6-12-19(20)23/h2-4,6-7,9-10,12-13,15H,5,8,11,14,16H2,1H3. The van der Waals surface area contributed by atoms with E-state index >= 15 is 0 Å². The maximum Gasteiger partial charge on any atom is 0.254 e. The lowest BCUT2D eigenvalue weighted by molar-refractivity contribution is 0.420. The van der Waals surface area contributed by atoms with Crippen LogP contribution >= 0.6 is 0 Å². The van der Waals surface area contributed by atoms with Crippen LogP contribution < -0.4 is 10.3 Å². The molecule has 1 aromatic heterocycles. The van der Waals surface area contributed by atoms with Gasteiger partial charge in [-0.2, -0.15) is 0 Å². The first-order chi connectivity index (χ1) is 13.8. The molecule has 0 atom stereocenters. The van der Waals surface area contributed by atoms with Crippen LogP contribution in [-0.4, -0.2) is 11.7 Å². The fourth-order valence-corrected chi connectivity index (χ4v) is 4.64. The molecule has 0 fully saturated rings. The van der Waals surface area contributed by atoms with E-state index in [-0.39, 0.29) is 5.56 Å². The second kappa shape index (κ2) is 6.83. The first-order valence-electron chi connectivity index (χ1n) is 9.96. The molecule has 3 aromatic carbocycles. The largest absolute Gasteiger partial charge is 0.496 e. The van der Waals surface area contributed by atoms with Crippen molar-refractivity contribution >= 4 is 21.7 Å². The minimum Gasteiger partial charge on any atom is -0.496 e. The molecule has 0 radical (unpaired) electrons. The smallest absolute Gasteiger partial charge is 0.254 e. The number of aromatic nitrogens is 1. The summed E-state index contributed by atoms with van der Waals surface area (Å²) in [6.45, 7) is 0.583. The Hall–Kier alpha value is -3.07. The van der Waals surface area contributed by atoms with Gasteiger partial charge in [0.05, 0.1) is 19.2 Å². The Morgan fingerprint density at radius 1 is 0.857 bits per heavy atom. The molecular weight excluding hydrogens is 346 g/mol. The molecule has 0 bridgehead atoms. The Morgan fingerprint density at radius 3 is 2.29 bits per heavy atom. The van der Waals surface area contributed by atoms with E-state index in [4.69, 9.17) is 4.74 Å². The van der Waals surface area contributed by atoms with E-state index < -0.39 is 0 Å². The number of benzene rings is 3. The van der Waals surface area contributed by atoms with Gasteiger partial charge in [-0.15, -0.1) is 0 Å². The second-order valence-electron chi connectivity index (χ2n) is 7.56. The van der Waals surface area contributed by atoms with Crippen molar-refractivity contribution in [2.45, 2.75) is 32.2 Å². The minimum atomic E-state index is 0.168. The van der Waals surface area contributed by atoms with Gasteiger partial charge in [0.2, 0.25) is 0 Å². The van der Waals surface area contributed by atoms with Crippen molar-refractivity contribution in [3.05, 3.63) is 87.7 Å². The summed E-state index contributed by atoms with van der Waals surface area (Å²) >= 11 is 0. The first-order valence-corrected chi connectivity index (χ1v) is 9.96. The van der Waals surface area contributed by atoms with Crippen LogP contribution in [0.1, 0.15) is 29.5 Å². The molecule has 5 rings (SSSR count). The lowest BCUT2D eigenvalue weighted by atomic mass is 9.88. The fourth-order valence-electron chi connectivity index (χ4n) is 4.64. The molecule has 0 spiro atoms. The molecule has 0 N–H and O–H groups in total. The quantitative estimate of drug-likeness (QED) is 0.471. The molecule has 1 aliphatic carbocycles. The van der Waals surface area contributed by atoms with E-state index in [0.29, 0.717) is 6.54 Å². The number of hydrogen-bond acceptors (Lipinski definition) is 2. The van der Waals surface area contributed by atoms with Gasteiger partial charge in [-0.25, -0.2) is 0 Å². The molecule has 0 aliphatic heterocycles. The number of rotatable bonds is 3. The number of methoxy groups -OCH3 is 1. The average Bonchev–Trinajstić information content (AvgIpc) is 2.76. The van der Waals surface area contributed by atoms with Crippen LogP contribution in [0, 0.1) is 0 Å². The Balaban J connectivity index is 1.93. The Morgan fingerprint density at radius 2 is 1.54 bits per heavy atom. The van der Waals surface area contributed by atoms with Crippen molar-refractivity contribution in [3.63, 3.8) is 0 Å². The Labute approximate surface area is 164 Å². The molecule has 0 unspecified atom stereocenters. The van der Waals surface area contributed by atoms with Crippen LogP contribution in [0.25, 0.3) is 21.7 Å². The van der Waals surface area contributed by atoms with E-state index in [1.54, 1.807) is 7.11 Å². The molecule has 4 aromatic rings. The van der Waals surface area contributed by atoms with Crippen molar-refractivity contribution in [2.75, 3.05) is 7.11 Å². The Bertz CT molecular complexity index is 1240. The molecule has 1 aliphatic rings. The minimum absolute atomic E-state index is 0.168. The van der Waals surface area contributed by atoms with E-state index in [1.165, 1.54) is 10.9 Å². The van der Waals surface area contributed by atoms with Gasteiger partial charge in [0.25, 0.3) is 5.56 Å². The molecule has 0 saturated heterocycles. The summed E-state index contributed by atoms with van der Waals surface area (Å²) in [5.74, 6) is 0.876. The summed E-state index contributed by atoms with van der Waals surface area (Å²) in [6.07, 6.45) is 4.06. The number of pyridine rings is 1. The van der Waals surface area contributed by atoms with E-state index in [0.717, 1.165) is 58.8 Å². The van der Waals surface area contributed by atoms with Gasteiger partial charge in [0.15, 0.2) is 0 Å². The van der Waals surface area contributed by atoms with Gasteiger partial charge in [0.1, 0.15) is 5.75 Å². The predicted octanol–water partition coefficient (Wildman–Crippen LogP) is 5.09. The number of nitrogens with zero attached hydrogens (tertiary/aromatic N) is 1. The van der Waals surface area contributed by atoms with Crippen molar-refractivity contribution in [3.8, 4) is 5.75 Å². The summed E-state index contributed by atoms with van der Waals surface area (Å²) in [5, 5.41) is 3.30. The molecule has 1 heterocycles. The number of fused-ring (bicyclic) bond motifs is 5. The molecule has 3 nitrogen and oxygen atoms in total. The van der Waals surface area contributed by atoms with Crippen molar-refractivity contribution < 1.29 is 4.74 Å². The molecule has 0 saturated carbocycles. The first kappa shape index (κ1) is 17.1. The van der Waals surface area contributed by atoms with Crippen molar-refractivity contribution in [2.24, 2.45) is 0 Å². The van der Waals surface area contributed by atoms with Crippen LogP contribution in [0.15, 0.2) is 65.5 Å². The molecule has 0 amide bonds. The van der Waals surface area contributed by atoms with Gasteiger partial charge >= 0.3 is 0 Å². The zero-order valence-corrected chi connectivity index (χ0v) is 16.1. The maximum absolute atomic E-state index is 13.6. The zero-order chi connectivity index (χ0) is 19.1. The van der Waals surface area contributed by atoms with Crippen LogP contribution in [0.2, 0.25) is 0 Å². The van der Waals surface area contributed by atoms with Crippen LogP contribution in [-0.2, 0) is 19.4 Å². The summed E-state index contributed by atoms with van der Waals surface area (Å²) in [6, 6.07) is 20.6. The SMILES string of the molecule is COc1cc2c3c(c(=O)n(Cc4ccccc4)c2c2ccccc12)CCCC3. The summed E-state index contributed by atoms with van der Waals surface area (Å²) in [5.41, 5.74) is 4.56. The second-order valence-corrected chi connectivity index (χ2v) is 7.56. The zero-order valence-electron chi connectivity index (χ0n) is 16.1.